The van der Waals surface area contributed by atoms with Crippen LogP contribution in [-0.4, -0.2) is 53.3 Å². The van der Waals surface area contributed by atoms with E-state index in [1.165, 1.54) is 14.1 Å². The summed E-state index contributed by atoms with van der Waals surface area (Å²) in [6.45, 7) is 0.643. The van der Waals surface area contributed by atoms with E-state index in [-0.39, 0.29) is 6.42 Å². The minimum atomic E-state index is -1.43. The highest BCUT2D eigenvalue weighted by Crippen LogP contribution is 2.54. The molecule has 0 bridgehead atoms. The van der Waals surface area contributed by atoms with Crippen molar-refractivity contribution in [2.75, 3.05) is 25.5 Å². The van der Waals surface area contributed by atoms with Crippen molar-refractivity contribution in [2.45, 2.75) is 18.9 Å². The smallest absolute Gasteiger partial charge is 0.332 e. The number of nitrogens with zero attached hydrogens (tertiary/aromatic N) is 4. The lowest BCUT2D eigenvalue weighted by Gasteiger charge is -2.54. The molecule has 1 aromatic heterocycles. The Balaban J connectivity index is 1.66. The molecule has 3 aromatic rings. The van der Waals surface area contributed by atoms with Crippen LogP contribution in [-0.2, 0) is 22.4 Å². The molecule has 1 fully saturated rings. The van der Waals surface area contributed by atoms with E-state index in [1.54, 1.807) is 0 Å². The van der Waals surface area contributed by atoms with Gasteiger partial charge in [-0.3, -0.25) is 19.4 Å². The van der Waals surface area contributed by atoms with Crippen LogP contribution < -0.4 is 4.90 Å². The van der Waals surface area contributed by atoms with Gasteiger partial charge in [0.05, 0.1) is 11.6 Å². The van der Waals surface area contributed by atoms with Crippen molar-refractivity contribution < 1.29 is 14.4 Å². The zero-order valence-corrected chi connectivity index (χ0v) is 17.9. The second kappa shape index (κ2) is 6.38. The molecule has 7 nitrogen and oxygen atoms in total. The Morgan fingerprint density at radius 1 is 0.906 bits per heavy atom. The standard InChI is InChI=1S/C25H22N4O3/c1-27-22(30)25(23(31)28(2)24(27)32)14-17-13-16-8-4-6-10-19(16)26-21(17)29-12-11-15-7-3-5-9-18(15)20(25)29/h3-10,13,20H,11-12,14H2,1-2H3. The average molecular weight is 426 g/mol. The van der Waals surface area contributed by atoms with Gasteiger partial charge in [-0.25, -0.2) is 9.78 Å². The maximum atomic E-state index is 13.8. The lowest BCUT2D eigenvalue weighted by atomic mass is 9.64. The van der Waals surface area contributed by atoms with Crippen molar-refractivity contribution in [2.24, 2.45) is 5.41 Å². The number of hydrogen-bond donors (Lipinski definition) is 0. The van der Waals surface area contributed by atoms with Gasteiger partial charge in [0.2, 0.25) is 11.8 Å². The van der Waals surface area contributed by atoms with Gasteiger partial charge in [-0.2, -0.15) is 0 Å². The fourth-order valence-electron chi connectivity index (χ4n) is 5.73. The van der Waals surface area contributed by atoms with E-state index in [2.05, 4.69) is 11.0 Å². The van der Waals surface area contributed by atoms with Crippen molar-refractivity contribution in [3.05, 3.63) is 71.3 Å². The molecule has 4 amide bonds. The summed E-state index contributed by atoms with van der Waals surface area (Å²) in [5, 5.41) is 0.964. The fraction of sp³-hybridized carbons (Fsp3) is 0.280. The van der Waals surface area contributed by atoms with E-state index in [0.29, 0.717) is 6.54 Å². The number of pyridine rings is 1. The zero-order chi connectivity index (χ0) is 22.2. The number of carbonyl (C=O) groups excluding carboxylic acids is 3. The van der Waals surface area contributed by atoms with E-state index >= 15 is 0 Å². The molecular formula is C25H22N4O3. The highest BCUT2D eigenvalue weighted by molar-refractivity contribution is 6.20. The number of imide groups is 2. The second-order valence-corrected chi connectivity index (χ2v) is 8.87. The summed E-state index contributed by atoms with van der Waals surface area (Å²) in [6.07, 6.45) is 0.999. The number of benzene rings is 2. The molecule has 2 aromatic carbocycles. The van der Waals surface area contributed by atoms with Crippen LogP contribution in [0.1, 0.15) is 22.7 Å². The summed E-state index contributed by atoms with van der Waals surface area (Å²) in [4.78, 5) is 49.5. The molecule has 1 spiro atoms. The van der Waals surface area contributed by atoms with Gasteiger partial charge >= 0.3 is 6.03 Å². The minimum absolute atomic E-state index is 0.204. The molecule has 3 aliphatic heterocycles. The van der Waals surface area contributed by atoms with E-state index in [0.717, 1.165) is 49.6 Å². The second-order valence-electron chi connectivity index (χ2n) is 8.87. The number of amides is 4. The summed E-state index contributed by atoms with van der Waals surface area (Å²) in [5.41, 5.74) is 2.39. The average Bonchev–Trinajstić information content (AvgIpc) is 2.83. The van der Waals surface area contributed by atoms with Crippen LogP contribution >= 0.6 is 0 Å². The Hall–Kier alpha value is -3.74. The van der Waals surface area contributed by atoms with Gasteiger partial charge in [0, 0.05) is 32.4 Å². The van der Waals surface area contributed by atoms with Crippen molar-refractivity contribution >= 4 is 34.6 Å². The monoisotopic (exact) mass is 426 g/mol. The number of fused-ring (bicyclic) bond motifs is 7. The van der Waals surface area contributed by atoms with Gasteiger partial charge in [0.1, 0.15) is 5.82 Å². The highest BCUT2D eigenvalue weighted by Gasteiger charge is 2.64. The Kier molecular flexibility index (Phi) is 3.79. The molecule has 0 aliphatic carbocycles. The topological polar surface area (TPSA) is 73.8 Å². The maximum absolute atomic E-state index is 13.8. The molecule has 1 atom stereocenters. The van der Waals surface area contributed by atoms with Gasteiger partial charge in [-0.1, -0.05) is 42.5 Å². The minimum Gasteiger partial charge on any atom is -0.347 e. The summed E-state index contributed by atoms with van der Waals surface area (Å²) in [6, 6.07) is 16.8. The molecule has 1 saturated heterocycles. The van der Waals surface area contributed by atoms with Gasteiger partial charge in [-0.05, 0) is 35.2 Å². The summed E-state index contributed by atoms with van der Waals surface area (Å²) in [5.74, 6) is -0.0798. The third-order valence-electron chi connectivity index (χ3n) is 7.22. The number of anilines is 1. The molecule has 0 saturated carbocycles. The Morgan fingerprint density at radius 2 is 1.59 bits per heavy atom. The first-order valence-corrected chi connectivity index (χ1v) is 10.8. The number of para-hydroxylation sites is 1. The lowest BCUT2D eigenvalue weighted by Crippen LogP contribution is -2.69. The van der Waals surface area contributed by atoms with E-state index in [9.17, 15) is 14.4 Å². The van der Waals surface area contributed by atoms with Gasteiger partial charge in [0.25, 0.3) is 0 Å². The number of carbonyl (C=O) groups is 3. The Labute approximate surface area is 185 Å². The number of aromatic nitrogens is 1. The summed E-state index contributed by atoms with van der Waals surface area (Å²) >= 11 is 0. The van der Waals surface area contributed by atoms with Crippen LogP contribution in [0.15, 0.2) is 54.6 Å². The van der Waals surface area contributed by atoms with Crippen LogP contribution in [0, 0.1) is 5.41 Å². The molecule has 0 radical (unpaired) electrons. The van der Waals surface area contributed by atoms with Crippen molar-refractivity contribution in [1.29, 1.82) is 0 Å². The molecule has 4 heterocycles. The molecule has 32 heavy (non-hydrogen) atoms. The number of barbiturate groups is 1. The fourth-order valence-corrected chi connectivity index (χ4v) is 5.73. The predicted octanol–water partition coefficient (Wildman–Crippen LogP) is 2.93. The molecule has 1 unspecified atom stereocenters. The van der Waals surface area contributed by atoms with Gasteiger partial charge < -0.3 is 4.90 Å². The number of hydrogen-bond acceptors (Lipinski definition) is 5. The Bertz CT molecular complexity index is 1310. The van der Waals surface area contributed by atoms with Gasteiger partial charge in [-0.15, -0.1) is 0 Å². The van der Waals surface area contributed by atoms with E-state index < -0.39 is 29.3 Å². The largest absolute Gasteiger partial charge is 0.347 e. The molecule has 0 N–H and O–H groups in total. The van der Waals surface area contributed by atoms with Crippen LogP contribution in [0.3, 0.4) is 0 Å². The van der Waals surface area contributed by atoms with E-state index in [4.69, 9.17) is 4.98 Å². The Morgan fingerprint density at radius 3 is 2.38 bits per heavy atom. The maximum Gasteiger partial charge on any atom is 0.332 e. The SMILES string of the molecule is CN1C(=O)N(C)C(=O)C2(Cc3cc4ccccc4nc3N3CCc4ccccc4C32)C1=O. The van der Waals surface area contributed by atoms with Crippen molar-refractivity contribution in [3.8, 4) is 0 Å². The molecule has 160 valence electrons. The highest BCUT2D eigenvalue weighted by atomic mass is 16.2. The van der Waals surface area contributed by atoms with Crippen LogP contribution in [0.5, 0.6) is 0 Å². The van der Waals surface area contributed by atoms with Crippen molar-refractivity contribution in [3.63, 3.8) is 0 Å². The van der Waals surface area contributed by atoms with Crippen LogP contribution in [0.2, 0.25) is 0 Å². The van der Waals surface area contributed by atoms with Gasteiger partial charge in [0.15, 0.2) is 5.41 Å². The third kappa shape index (κ3) is 2.25. The number of rotatable bonds is 0. The van der Waals surface area contributed by atoms with E-state index in [1.807, 2.05) is 48.5 Å². The molecule has 6 rings (SSSR count). The third-order valence-corrected chi connectivity index (χ3v) is 7.22. The first kappa shape index (κ1) is 19.0. The predicted molar refractivity (Wildman–Crippen MR) is 119 cm³/mol. The van der Waals surface area contributed by atoms with Crippen LogP contribution in [0.4, 0.5) is 10.6 Å². The van der Waals surface area contributed by atoms with Crippen LogP contribution in [0.25, 0.3) is 10.9 Å². The quantitative estimate of drug-likeness (QED) is 0.517. The first-order chi connectivity index (χ1) is 15.4. The van der Waals surface area contributed by atoms with Crippen molar-refractivity contribution in [1.82, 2.24) is 14.8 Å². The molecular weight excluding hydrogens is 404 g/mol. The molecule has 7 heteroatoms. The number of urea groups is 1. The summed E-state index contributed by atoms with van der Waals surface area (Å²) < 4.78 is 0. The molecule has 3 aliphatic rings. The first-order valence-electron chi connectivity index (χ1n) is 10.8. The summed E-state index contributed by atoms with van der Waals surface area (Å²) in [7, 11) is 2.92. The normalized spacial score (nSPS) is 21.6. The lowest BCUT2D eigenvalue weighted by molar-refractivity contribution is -0.159. The zero-order valence-electron chi connectivity index (χ0n) is 17.9.